The Kier molecular flexibility index (Phi) is 39.5. The van der Waals surface area contributed by atoms with Crippen LogP contribution < -0.4 is 26.6 Å². The summed E-state index contributed by atoms with van der Waals surface area (Å²) in [6, 6.07) is -9.65. The largest absolute Gasteiger partial charge is 0.394 e. The van der Waals surface area contributed by atoms with Crippen LogP contribution in [0.5, 0.6) is 0 Å². The van der Waals surface area contributed by atoms with Crippen molar-refractivity contribution in [3.05, 3.63) is 0 Å². The summed E-state index contributed by atoms with van der Waals surface area (Å²) >= 11 is 0. The highest BCUT2D eigenvalue weighted by molar-refractivity contribution is 5.75. The first-order chi connectivity index (χ1) is 63.8. The van der Waals surface area contributed by atoms with E-state index in [0.29, 0.717) is 0 Å². The minimum absolute atomic E-state index is 0.819. The SMILES string of the molecule is CC(=O)N[C@H]1[C@H](O[C@H]2[C@H](O)[C@H](NC(C)=O)C(O)O[C@@H]2CO)O[C@H](CO)[C@@H](O[C@@H]2O[C@H](CO[C@H]3O[C@H](CO)[C@@H](O)[C@H](O)[C@@H]3O[C@@H]3O[C@H](CO)[C@@H](O[C@@H]4O[C@H](CO)[C@H](O)[C@H](O)[C@H]4NC(C)=O)[C@H](O[C@@H]4O[C@@H](C)[C@@H](O)[C@@H](O)[C@@H]4O)[C@H]3NC(C)=O)[C@@H](O)[C@H](O[C@H]3O[C@H](CO)[C@@H](O)[C@H](O)[C@@H]3O[C@@H]3O[C@H](CO)[C@@H](O[C@@H]4O[C@H](CO)[C@H](O)[C@H](O)[C@H]4O)[C@H](O[C@@H]4O[C@@H](C)[C@@H](O)[C@@H](O)[C@@H]4O)[C@H]3NC(C)=O)[C@@H]2O)[C@@H]1O. The lowest BCUT2D eigenvalue weighted by atomic mass is 9.93. The first-order valence-corrected chi connectivity index (χ1v) is 43.4. The number of carbonyl (C=O) groups is 5. The molecule has 780 valence electrons. The highest BCUT2D eigenvalue weighted by atomic mass is 16.8. The number of nitrogens with one attached hydrogen (secondary N) is 5. The lowest BCUT2D eigenvalue weighted by molar-refractivity contribution is -0.404. The van der Waals surface area contributed by atoms with E-state index >= 15 is 0 Å². The third kappa shape index (κ3) is 24.6. The lowest BCUT2D eigenvalue weighted by Crippen LogP contribution is -2.72. The van der Waals surface area contributed by atoms with Crippen molar-refractivity contribution in [1.29, 1.82) is 0 Å². The minimum atomic E-state index is -2.69. The molecule has 0 aromatic heterocycles. The van der Waals surface area contributed by atoms with E-state index < -0.39 is 426 Å². The van der Waals surface area contributed by atoms with Gasteiger partial charge in [-0.1, -0.05) is 0 Å². The predicted octanol–water partition coefficient (Wildman–Crippen LogP) is -22.2. The van der Waals surface area contributed by atoms with Gasteiger partial charge in [0.05, 0.1) is 71.7 Å². The summed E-state index contributed by atoms with van der Waals surface area (Å²) in [5.41, 5.74) is 0. The Labute approximate surface area is 765 Å². The number of hydrogen-bond donors (Lipinski definition) is 33. The van der Waals surface area contributed by atoms with Crippen molar-refractivity contribution in [1.82, 2.24) is 26.6 Å². The quantitative estimate of drug-likeness (QED) is 0.0284. The zero-order chi connectivity index (χ0) is 99.4. The van der Waals surface area contributed by atoms with Crippen LogP contribution in [0.1, 0.15) is 48.5 Å². The molecule has 11 heterocycles. The van der Waals surface area contributed by atoms with E-state index in [4.69, 9.17) is 99.5 Å². The third-order valence-electron chi connectivity index (χ3n) is 24.9. The number of carbonyl (C=O) groups excluding carboxylic acids is 5. The van der Waals surface area contributed by atoms with Crippen LogP contribution in [0, 0.1) is 0 Å². The van der Waals surface area contributed by atoms with Gasteiger partial charge in [-0.2, -0.15) is 0 Å². The van der Waals surface area contributed by atoms with Crippen LogP contribution in [-0.4, -0.2) is 569 Å². The van der Waals surface area contributed by atoms with Crippen LogP contribution in [0.2, 0.25) is 0 Å². The van der Waals surface area contributed by atoms with Gasteiger partial charge in [-0.3, -0.25) is 24.0 Å². The second kappa shape index (κ2) is 48.2. The van der Waals surface area contributed by atoms with Gasteiger partial charge in [0.2, 0.25) is 29.5 Å². The molecule has 55 atom stereocenters. The van der Waals surface area contributed by atoms with Crippen LogP contribution in [0.4, 0.5) is 0 Å². The van der Waals surface area contributed by atoms with Gasteiger partial charge in [0.25, 0.3) is 0 Å². The molecule has 11 rings (SSSR count). The first-order valence-electron chi connectivity index (χ1n) is 43.4. The molecule has 5 amide bonds. The van der Waals surface area contributed by atoms with Gasteiger partial charge in [-0.15, -0.1) is 0 Å². The van der Waals surface area contributed by atoms with E-state index in [1.54, 1.807) is 0 Å². The summed E-state index contributed by atoms with van der Waals surface area (Å²) in [7, 11) is 0. The minimum Gasteiger partial charge on any atom is -0.394 e. The van der Waals surface area contributed by atoms with Crippen molar-refractivity contribution in [2.45, 2.75) is 386 Å². The molecule has 11 aliphatic heterocycles. The van der Waals surface area contributed by atoms with Crippen molar-refractivity contribution in [2.24, 2.45) is 0 Å². The Morgan fingerprint density at radius 2 is 0.467 bits per heavy atom. The lowest BCUT2D eigenvalue weighted by Gasteiger charge is -2.52. The molecule has 33 N–H and O–H groups in total. The molecule has 0 spiro atoms. The molecule has 0 saturated carbocycles. The van der Waals surface area contributed by atoms with Crippen molar-refractivity contribution < 1.29 is 266 Å². The van der Waals surface area contributed by atoms with Crippen molar-refractivity contribution in [2.75, 3.05) is 59.5 Å². The molecule has 0 radical (unpaired) electrons. The number of aliphatic hydroxyl groups excluding tert-OH is 28. The van der Waals surface area contributed by atoms with E-state index in [1.165, 1.54) is 13.8 Å². The molecule has 59 heteroatoms. The number of amides is 5. The topological polar surface area (TPSA) is 906 Å². The number of ether oxygens (including phenoxy) is 21. The molecule has 11 aliphatic rings. The van der Waals surface area contributed by atoms with Gasteiger partial charge in [0.1, 0.15) is 256 Å². The maximum Gasteiger partial charge on any atom is 0.217 e. The molecule has 11 fully saturated rings. The maximum absolute atomic E-state index is 13.7. The molecule has 0 aromatic rings. The second-order valence-corrected chi connectivity index (χ2v) is 34.5. The molecule has 1 unspecified atom stereocenters. The standard InChI is InChI=1S/C76H127N5O54/c1-17-38(95)48(105)53(110)71(116-17)131-61-36(80-22(6)93)69(124-30(14-88)59(61)129-67-34(78-20(4)91)45(102)40(97)24(8-82)119-67)134-64-51(108)42(99)26(10-84)121-75(64)115-16-32-44(101)63(56(113)74(126-32)128-58-29(13-87)123-68(35(47(58)104)79-21(5)92)127-57-28(12-86)118-66(114)33(46(57)103)77-19(3)90)133-76-65(52(109)43(100)27(11-85)122-76)135-70-37(81-23(7)94)62(132-72-54(111)49(106)39(96)18(2)117-72)60(31(15-89)125-70)130-73-55(112)50(107)41(98)25(9-83)120-73/h17-18,24-76,82-89,95-114H,8-16H2,1-7H3,(H,77,90)(H,78,91)(H,79,92)(H,80,93)(H,81,94)/t17-,18-,24+,25+,26+,27+,28+,29+,30+,31+,32+,33-,34+,35+,36+,37+,38+,39+,40-,41-,42+,43+,44+,45+,46+,47+,48+,49+,50-,51-,52-,53-,54-,55+,56-,57+,58+,59+,60+,61+,62+,63-,64-,65-,66?,67-,68-,69-,70-,71-,72-,73-,74-,75-,76+/m0/s1. The summed E-state index contributed by atoms with van der Waals surface area (Å²) in [6.07, 6.45) is -107. The fraction of sp³-hybridized carbons (Fsp3) is 0.934. The predicted molar refractivity (Wildman–Crippen MR) is 417 cm³/mol. The Morgan fingerprint density at radius 3 is 0.889 bits per heavy atom. The molecule has 0 bridgehead atoms. The van der Waals surface area contributed by atoms with Gasteiger partial charge in [0.15, 0.2) is 69.2 Å². The highest BCUT2D eigenvalue weighted by Gasteiger charge is 2.64. The molecule has 11 saturated heterocycles. The van der Waals surface area contributed by atoms with Gasteiger partial charge in [-0.05, 0) is 13.8 Å². The summed E-state index contributed by atoms with van der Waals surface area (Å²) in [5, 5.41) is 329. The fourth-order valence-electron chi connectivity index (χ4n) is 17.7. The molecular weight excluding hydrogens is 1850 g/mol. The van der Waals surface area contributed by atoms with Crippen LogP contribution in [-0.2, 0) is 123 Å². The number of rotatable bonds is 34. The molecular formula is C76H127N5O54. The monoisotopic (exact) mass is 1970 g/mol. The van der Waals surface area contributed by atoms with Crippen molar-refractivity contribution in [3.8, 4) is 0 Å². The van der Waals surface area contributed by atoms with Gasteiger partial charge >= 0.3 is 0 Å². The normalized spacial score (nSPS) is 49.5. The van der Waals surface area contributed by atoms with Gasteiger partial charge < -0.3 is 269 Å². The number of aliphatic hydroxyl groups is 28. The summed E-state index contributed by atoms with van der Waals surface area (Å²) < 4.78 is 128. The highest BCUT2D eigenvalue weighted by Crippen LogP contribution is 2.43. The zero-order valence-electron chi connectivity index (χ0n) is 73.3. The third-order valence-corrected chi connectivity index (χ3v) is 24.9. The average Bonchev–Trinajstić information content (AvgIpc) is 0.728. The smallest absolute Gasteiger partial charge is 0.217 e. The summed E-state index contributed by atoms with van der Waals surface area (Å²) in [4.78, 5) is 65.5. The first kappa shape index (κ1) is 111. The average molecular weight is 1970 g/mol. The summed E-state index contributed by atoms with van der Waals surface area (Å²) in [5.74, 6) is -4.76. The van der Waals surface area contributed by atoms with E-state index in [0.717, 1.165) is 34.6 Å². The fourth-order valence-corrected chi connectivity index (χ4v) is 17.7. The Balaban J connectivity index is 0.976. The Hall–Kier alpha value is -4.61. The van der Waals surface area contributed by atoms with Crippen LogP contribution in [0.25, 0.3) is 0 Å². The van der Waals surface area contributed by atoms with Crippen LogP contribution in [0.15, 0.2) is 0 Å². The van der Waals surface area contributed by atoms with Crippen LogP contribution >= 0.6 is 0 Å². The molecule has 0 aliphatic carbocycles. The molecule has 0 aromatic carbocycles. The van der Waals surface area contributed by atoms with Crippen molar-refractivity contribution in [3.63, 3.8) is 0 Å². The second-order valence-electron chi connectivity index (χ2n) is 34.5. The van der Waals surface area contributed by atoms with E-state index in [-0.39, 0.29) is 0 Å². The van der Waals surface area contributed by atoms with E-state index in [1.807, 2.05) is 0 Å². The van der Waals surface area contributed by atoms with Gasteiger partial charge in [-0.25, -0.2) is 0 Å². The zero-order valence-corrected chi connectivity index (χ0v) is 73.3. The number of hydrogen-bond acceptors (Lipinski definition) is 54. The molecule has 135 heavy (non-hydrogen) atoms. The van der Waals surface area contributed by atoms with E-state index in [2.05, 4.69) is 26.6 Å². The maximum atomic E-state index is 13.7. The van der Waals surface area contributed by atoms with Crippen molar-refractivity contribution >= 4 is 29.5 Å². The Morgan fingerprint density at radius 1 is 0.207 bits per heavy atom. The van der Waals surface area contributed by atoms with E-state index in [9.17, 15) is 167 Å². The van der Waals surface area contributed by atoms with Gasteiger partial charge in [0, 0.05) is 34.6 Å². The Bertz CT molecular complexity index is 3750. The molecule has 59 nitrogen and oxygen atoms in total. The summed E-state index contributed by atoms with van der Waals surface area (Å²) in [6.45, 7) is -3.52. The van der Waals surface area contributed by atoms with Crippen LogP contribution in [0.3, 0.4) is 0 Å².